The molecule has 0 spiro atoms. The number of nitrogens with zero attached hydrogens (tertiary/aromatic N) is 3. The van der Waals surface area contributed by atoms with Gasteiger partial charge in [-0.3, -0.25) is 4.98 Å². The lowest BCUT2D eigenvalue weighted by atomic mass is 10.1. The fourth-order valence-corrected chi connectivity index (χ4v) is 5.58. The lowest BCUT2D eigenvalue weighted by Crippen LogP contribution is -2.42. The summed E-state index contributed by atoms with van der Waals surface area (Å²) >= 11 is 7.61. The first kappa shape index (κ1) is 25.1. The highest BCUT2D eigenvalue weighted by Gasteiger charge is 2.39. The van der Waals surface area contributed by atoms with E-state index in [1.54, 1.807) is 33.7 Å². The summed E-state index contributed by atoms with van der Waals surface area (Å²) in [6.45, 7) is 2.25. The standard InChI is InChI=1S/C22H15ClF4N4O2S2/c1-11-7-19-14(8-16(11)24)15(9-28)20(31(19)18-5-6-34-21(18)23)17-4-3-13(10-29-17)35(32,33)30-12(2)22(25,26)27/h3-8,10,12,30H,1-2H3. The second-order valence-corrected chi connectivity index (χ2v) is 10.9. The van der Waals surface area contributed by atoms with Gasteiger partial charge in [0.15, 0.2) is 0 Å². The maximum Gasteiger partial charge on any atom is 0.404 e. The predicted octanol–water partition coefficient (Wildman–Crippen LogP) is 5.96. The number of aryl methyl sites for hydroxylation is 1. The number of pyridine rings is 1. The Morgan fingerprint density at radius 1 is 1.26 bits per heavy atom. The van der Waals surface area contributed by atoms with Crippen molar-refractivity contribution in [3.8, 4) is 23.1 Å². The highest BCUT2D eigenvalue weighted by molar-refractivity contribution is 7.89. The van der Waals surface area contributed by atoms with E-state index in [4.69, 9.17) is 11.6 Å². The molecule has 35 heavy (non-hydrogen) atoms. The van der Waals surface area contributed by atoms with E-state index in [0.717, 1.165) is 12.3 Å². The Kier molecular flexibility index (Phi) is 6.39. The van der Waals surface area contributed by atoms with Gasteiger partial charge >= 0.3 is 6.18 Å². The van der Waals surface area contributed by atoms with Gasteiger partial charge in [0.25, 0.3) is 0 Å². The molecule has 1 atom stereocenters. The number of hydrogen-bond donors (Lipinski definition) is 1. The summed E-state index contributed by atoms with van der Waals surface area (Å²) in [5.41, 5.74) is 1.76. The van der Waals surface area contributed by atoms with Gasteiger partial charge in [0, 0.05) is 11.6 Å². The Morgan fingerprint density at radius 2 is 1.97 bits per heavy atom. The molecule has 0 aliphatic heterocycles. The number of sulfonamides is 1. The molecule has 6 nitrogen and oxygen atoms in total. The molecule has 182 valence electrons. The molecule has 1 N–H and O–H groups in total. The van der Waals surface area contributed by atoms with Crippen LogP contribution in [-0.2, 0) is 10.0 Å². The van der Waals surface area contributed by atoms with Crippen LogP contribution in [0, 0.1) is 24.1 Å². The second-order valence-electron chi connectivity index (χ2n) is 7.63. The molecule has 0 aliphatic rings. The third-order valence-corrected chi connectivity index (χ3v) is 7.99. The third kappa shape index (κ3) is 4.52. The van der Waals surface area contributed by atoms with Crippen molar-refractivity contribution in [2.24, 2.45) is 0 Å². The molecule has 0 fully saturated rings. The van der Waals surface area contributed by atoms with Crippen LogP contribution in [0.2, 0.25) is 4.34 Å². The zero-order valence-corrected chi connectivity index (χ0v) is 20.4. The van der Waals surface area contributed by atoms with E-state index in [1.807, 2.05) is 0 Å². The van der Waals surface area contributed by atoms with Crippen LogP contribution in [0.3, 0.4) is 0 Å². The molecule has 4 aromatic rings. The Morgan fingerprint density at radius 3 is 2.51 bits per heavy atom. The fraction of sp³-hybridized carbons (Fsp3) is 0.182. The molecular formula is C22H15ClF4N4O2S2. The van der Waals surface area contributed by atoms with Crippen LogP contribution < -0.4 is 4.72 Å². The van der Waals surface area contributed by atoms with Crippen LogP contribution >= 0.6 is 22.9 Å². The third-order valence-electron chi connectivity index (χ3n) is 5.31. The van der Waals surface area contributed by atoms with Gasteiger partial charge in [-0.25, -0.2) is 12.8 Å². The summed E-state index contributed by atoms with van der Waals surface area (Å²) in [7, 11) is -4.53. The van der Waals surface area contributed by atoms with Crippen LogP contribution in [0.5, 0.6) is 0 Å². The van der Waals surface area contributed by atoms with Gasteiger partial charge in [-0.2, -0.15) is 23.2 Å². The molecule has 4 rings (SSSR count). The zero-order valence-electron chi connectivity index (χ0n) is 18.0. The second kappa shape index (κ2) is 8.91. The normalized spacial score (nSPS) is 13.2. The summed E-state index contributed by atoms with van der Waals surface area (Å²) in [6, 6.07) is 6.58. The summed E-state index contributed by atoms with van der Waals surface area (Å²) in [5, 5.41) is 11.9. The topological polar surface area (TPSA) is 87.8 Å². The number of thiophene rings is 1. The first-order valence-electron chi connectivity index (χ1n) is 9.88. The van der Waals surface area contributed by atoms with Gasteiger partial charge in [-0.1, -0.05) is 11.6 Å². The molecule has 0 amide bonds. The predicted molar refractivity (Wildman–Crippen MR) is 125 cm³/mol. The molecule has 0 saturated carbocycles. The largest absolute Gasteiger partial charge is 0.404 e. The first-order valence-corrected chi connectivity index (χ1v) is 12.6. The van der Waals surface area contributed by atoms with Gasteiger partial charge in [0.05, 0.1) is 28.2 Å². The molecule has 0 bridgehead atoms. The molecule has 3 aromatic heterocycles. The number of hydrogen-bond acceptors (Lipinski definition) is 5. The van der Waals surface area contributed by atoms with E-state index in [1.165, 1.54) is 23.5 Å². The van der Waals surface area contributed by atoms with Crippen LogP contribution in [0.25, 0.3) is 28.0 Å². The molecule has 0 aliphatic carbocycles. The van der Waals surface area contributed by atoms with Crippen molar-refractivity contribution in [2.45, 2.75) is 31.0 Å². The molecule has 0 saturated heterocycles. The van der Waals surface area contributed by atoms with Gasteiger partial charge in [0.2, 0.25) is 10.0 Å². The van der Waals surface area contributed by atoms with Crippen molar-refractivity contribution in [1.29, 1.82) is 5.26 Å². The van der Waals surface area contributed by atoms with Crippen LogP contribution in [0.1, 0.15) is 18.1 Å². The minimum Gasteiger partial charge on any atom is -0.304 e. The SMILES string of the molecule is Cc1cc2c(cc1F)c(C#N)c(-c1ccc(S(=O)(=O)NC(C)C(F)(F)F)cn1)n2-c1ccsc1Cl. The number of nitriles is 1. The fourth-order valence-electron chi connectivity index (χ4n) is 3.51. The zero-order chi connectivity index (χ0) is 25.7. The summed E-state index contributed by atoms with van der Waals surface area (Å²) < 4.78 is 81.2. The Labute approximate surface area is 206 Å². The van der Waals surface area contributed by atoms with Gasteiger partial charge < -0.3 is 4.57 Å². The molecule has 0 radical (unpaired) electrons. The van der Waals surface area contributed by atoms with Crippen LogP contribution in [-0.4, -0.2) is 30.2 Å². The number of halogens is 5. The van der Waals surface area contributed by atoms with Crippen LogP contribution in [0.15, 0.2) is 46.8 Å². The quantitative estimate of drug-likeness (QED) is 0.315. The summed E-state index contributed by atoms with van der Waals surface area (Å²) in [5.74, 6) is -0.520. The Balaban J connectivity index is 1.91. The van der Waals surface area contributed by atoms with E-state index >= 15 is 0 Å². The molecule has 3 heterocycles. The maximum atomic E-state index is 14.4. The van der Waals surface area contributed by atoms with E-state index in [2.05, 4.69) is 11.1 Å². The average molecular weight is 543 g/mol. The van der Waals surface area contributed by atoms with Crippen molar-refractivity contribution in [3.05, 3.63) is 63.2 Å². The highest BCUT2D eigenvalue weighted by atomic mass is 35.5. The molecular weight excluding hydrogens is 528 g/mol. The number of fused-ring (bicyclic) bond motifs is 1. The van der Waals surface area contributed by atoms with Crippen molar-refractivity contribution in [1.82, 2.24) is 14.3 Å². The van der Waals surface area contributed by atoms with Crippen molar-refractivity contribution in [3.63, 3.8) is 0 Å². The van der Waals surface area contributed by atoms with Gasteiger partial charge in [-0.15, -0.1) is 11.3 Å². The number of benzene rings is 1. The number of aromatic nitrogens is 2. The maximum absolute atomic E-state index is 14.4. The number of nitrogens with one attached hydrogen (secondary N) is 1. The van der Waals surface area contributed by atoms with E-state index < -0.39 is 33.0 Å². The molecule has 1 aromatic carbocycles. The van der Waals surface area contributed by atoms with Gasteiger partial charge in [0.1, 0.15) is 27.2 Å². The monoisotopic (exact) mass is 542 g/mol. The van der Waals surface area contributed by atoms with Gasteiger partial charge in [-0.05, 0) is 55.1 Å². The minimum atomic E-state index is -4.77. The summed E-state index contributed by atoms with van der Waals surface area (Å²) in [4.78, 5) is 3.64. The minimum absolute atomic E-state index is 0.0769. The number of rotatable bonds is 5. The number of alkyl halides is 3. The lowest BCUT2D eigenvalue weighted by molar-refractivity contribution is -0.147. The van der Waals surface area contributed by atoms with E-state index in [9.17, 15) is 31.2 Å². The molecule has 13 heteroatoms. The smallest absolute Gasteiger partial charge is 0.304 e. The lowest BCUT2D eigenvalue weighted by Gasteiger charge is -2.17. The highest BCUT2D eigenvalue weighted by Crippen LogP contribution is 2.39. The van der Waals surface area contributed by atoms with E-state index in [0.29, 0.717) is 33.4 Å². The Hall–Kier alpha value is -2.98. The molecule has 1 unspecified atom stereocenters. The average Bonchev–Trinajstić information content (AvgIpc) is 3.33. The van der Waals surface area contributed by atoms with Crippen molar-refractivity contribution in [2.75, 3.05) is 0 Å². The Bertz CT molecular complexity index is 1590. The van der Waals surface area contributed by atoms with Crippen molar-refractivity contribution >= 4 is 43.9 Å². The van der Waals surface area contributed by atoms with Crippen LogP contribution in [0.4, 0.5) is 17.6 Å². The van der Waals surface area contributed by atoms with E-state index in [-0.39, 0.29) is 17.0 Å². The summed E-state index contributed by atoms with van der Waals surface area (Å²) in [6.07, 6.45) is -3.87. The van der Waals surface area contributed by atoms with Crippen molar-refractivity contribution < 1.29 is 26.0 Å². The first-order chi connectivity index (χ1) is 16.3.